The molecule has 1 saturated heterocycles. The summed E-state index contributed by atoms with van der Waals surface area (Å²) in [5.74, 6) is -1.34. The number of methoxy groups -OCH3 is 1. The first-order valence-corrected chi connectivity index (χ1v) is 10.9. The number of hydrogen-bond acceptors (Lipinski definition) is 5. The van der Waals surface area contributed by atoms with Crippen LogP contribution in [0.3, 0.4) is 0 Å². The number of barbiturate groups is 1. The molecule has 1 N–H and O–H groups in total. The molecule has 0 saturated carbocycles. The fraction of sp³-hybridized carbons (Fsp3) is 0.0800. The zero-order chi connectivity index (χ0) is 25.1. The molecular weight excluding hydrogens is 498 g/mol. The number of halogens is 3. The van der Waals surface area contributed by atoms with Crippen molar-refractivity contribution >= 4 is 52.8 Å². The Labute approximate surface area is 209 Å². The van der Waals surface area contributed by atoms with Crippen LogP contribution in [0.2, 0.25) is 10.0 Å². The Balaban J connectivity index is 1.60. The van der Waals surface area contributed by atoms with Crippen LogP contribution in [0.15, 0.2) is 66.2 Å². The van der Waals surface area contributed by atoms with Crippen LogP contribution in [-0.4, -0.2) is 25.0 Å². The van der Waals surface area contributed by atoms with Gasteiger partial charge in [-0.3, -0.25) is 14.9 Å². The first-order valence-electron chi connectivity index (χ1n) is 10.2. The maximum Gasteiger partial charge on any atom is 0.335 e. The highest BCUT2D eigenvalue weighted by Gasteiger charge is 2.37. The quantitative estimate of drug-likeness (QED) is 0.352. The zero-order valence-electron chi connectivity index (χ0n) is 18.2. The lowest BCUT2D eigenvalue weighted by molar-refractivity contribution is -0.122. The molecule has 1 aliphatic rings. The summed E-state index contributed by atoms with van der Waals surface area (Å²) in [7, 11) is 1.43. The number of nitrogens with zero attached hydrogens (tertiary/aromatic N) is 1. The van der Waals surface area contributed by atoms with Crippen LogP contribution in [0.4, 0.5) is 14.9 Å². The fourth-order valence-corrected chi connectivity index (χ4v) is 3.66. The topological polar surface area (TPSA) is 84.9 Å². The van der Waals surface area contributed by atoms with Gasteiger partial charge < -0.3 is 9.47 Å². The number of urea groups is 1. The highest BCUT2D eigenvalue weighted by atomic mass is 35.5. The normalized spacial score (nSPS) is 14.8. The lowest BCUT2D eigenvalue weighted by Gasteiger charge is -2.26. The third-order valence-corrected chi connectivity index (χ3v) is 5.78. The maximum atomic E-state index is 13.4. The summed E-state index contributed by atoms with van der Waals surface area (Å²) in [6, 6.07) is 14.1. The van der Waals surface area contributed by atoms with Crippen LogP contribution < -0.4 is 19.7 Å². The first kappa shape index (κ1) is 24.3. The van der Waals surface area contributed by atoms with Crippen molar-refractivity contribution < 1.29 is 28.2 Å². The number of carbonyl (C=O) groups excluding carboxylic acids is 3. The van der Waals surface area contributed by atoms with Crippen molar-refractivity contribution in [3.8, 4) is 11.5 Å². The van der Waals surface area contributed by atoms with Crippen molar-refractivity contribution in [2.24, 2.45) is 0 Å². The van der Waals surface area contributed by atoms with Crippen LogP contribution in [0, 0.1) is 5.82 Å². The summed E-state index contributed by atoms with van der Waals surface area (Å²) in [6.45, 7) is 0.107. The standard InChI is InChI=1S/C25H17Cl2FN2O5/c1-34-22-11-14(5-8-21(22)35-13-15-3-2-4-16(28)9-15)10-18-23(31)29-25(33)30(24(18)32)17-6-7-19(26)20(27)12-17/h2-12H,13H2,1H3,(H,29,31,33)/b18-10+. The molecule has 0 bridgehead atoms. The monoisotopic (exact) mass is 514 g/mol. The molecule has 4 rings (SSSR count). The van der Waals surface area contributed by atoms with Gasteiger partial charge in [0.15, 0.2) is 11.5 Å². The molecule has 0 aliphatic carbocycles. The predicted molar refractivity (Wildman–Crippen MR) is 129 cm³/mol. The number of imide groups is 2. The molecule has 0 radical (unpaired) electrons. The van der Waals surface area contributed by atoms with Gasteiger partial charge in [-0.25, -0.2) is 14.1 Å². The Bertz CT molecular complexity index is 1380. The van der Waals surface area contributed by atoms with Crippen LogP contribution >= 0.6 is 23.2 Å². The van der Waals surface area contributed by atoms with Gasteiger partial charge in [0.1, 0.15) is 18.0 Å². The SMILES string of the molecule is COc1cc(/C=C2\C(=O)NC(=O)N(c3ccc(Cl)c(Cl)c3)C2=O)ccc1OCc1cccc(F)c1. The molecular formula is C25H17Cl2FN2O5. The third-order valence-electron chi connectivity index (χ3n) is 5.05. The van der Waals surface area contributed by atoms with Gasteiger partial charge in [-0.1, -0.05) is 41.4 Å². The Morgan fingerprint density at radius 2 is 1.77 bits per heavy atom. The van der Waals surface area contributed by atoms with E-state index in [0.29, 0.717) is 22.6 Å². The second-order valence-corrected chi connectivity index (χ2v) is 8.20. The minimum atomic E-state index is -0.908. The smallest absolute Gasteiger partial charge is 0.335 e. The summed E-state index contributed by atoms with van der Waals surface area (Å²) >= 11 is 11.9. The van der Waals surface area contributed by atoms with Crippen molar-refractivity contribution in [2.45, 2.75) is 6.61 Å². The van der Waals surface area contributed by atoms with Gasteiger partial charge in [0.2, 0.25) is 0 Å². The minimum Gasteiger partial charge on any atom is -0.493 e. The summed E-state index contributed by atoms with van der Waals surface area (Å²) in [6.07, 6.45) is 1.33. The summed E-state index contributed by atoms with van der Waals surface area (Å²) in [5.41, 5.74) is 0.960. The number of anilines is 1. The van der Waals surface area contributed by atoms with Gasteiger partial charge in [-0.05, 0) is 59.7 Å². The Kier molecular flexibility index (Phi) is 7.04. The van der Waals surface area contributed by atoms with Crippen molar-refractivity contribution in [1.29, 1.82) is 0 Å². The van der Waals surface area contributed by atoms with Crippen LogP contribution in [0.5, 0.6) is 11.5 Å². The molecule has 7 nitrogen and oxygen atoms in total. The van der Waals surface area contributed by atoms with E-state index in [4.69, 9.17) is 32.7 Å². The van der Waals surface area contributed by atoms with E-state index in [-0.39, 0.29) is 33.7 Å². The number of hydrogen-bond donors (Lipinski definition) is 1. The van der Waals surface area contributed by atoms with Gasteiger partial charge in [0.05, 0.1) is 22.8 Å². The van der Waals surface area contributed by atoms with E-state index in [9.17, 15) is 18.8 Å². The minimum absolute atomic E-state index is 0.107. The number of carbonyl (C=O) groups is 3. The second-order valence-electron chi connectivity index (χ2n) is 7.39. The summed E-state index contributed by atoms with van der Waals surface area (Å²) < 4.78 is 24.5. The van der Waals surface area contributed by atoms with Gasteiger partial charge in [-0.2, -0.15) is 0 Å². The molecule has 10 heteroatoms. The highest BCUT2D eigenvalue weighted by molar-refractivity contribution is 6.43. The van der Waals surface area contributed by atoms with Crippen LogP contribution in [0.1, 0.15) is 11.1 Å². The molecule has 4 amide bonds. The van der Waals surface area contributed by atoms with Crippen LogP contribution in [0.25, 0.3) is 6.08 Å². The Morgan fingerprint density at radius 3 is 2.49 bits per heavy atom. The van der Waals surface area contributed by atoms with E-state index in [1.54, 1.807) is 30.3 Å². The van der Waals surface area contributed by atoms with Crippen molar-refractivity contribution in [2.75, 3.05) is 12.0 Å². The molecule has 35 heavy (non-hydrogen) atoms. The predicted octanol–water partition coefficient (Wildman–Crippen LogP) is 5.39. The molecule has 3 aromatic carbocycles. The van der Waals surface area contributed by atoms with Crippen molar-refractivity contribution in [1.82, 2.24) is 5.32 Å². The third kappa shape index (κ3) is 5.29. The molecule has 1 heterocycles. The molecule has 1 fully saturated rings. The molecule has 0 atom stereocenters. The van der Waals surface area contributed by atoms with Gasteiger partial charge in [0, 0.05) is 0 Å². The summed E-state index contributed by atoms with van der Waals surface area (Å²) in [4.78, 5) is 38.7. The van der Waals surface area contributed by atoms with E-state index in [1.165, 1.54) is 43.5 Å². The fourth-order valence-electron chi connectivity index (χ4n) is 3.36. The van der Waals surface area contributed by atoms with E-state index in [0.717, 1.165) is 4.90 Å². The van der Waals surface area contributed by atoms with E-state index in [1.807, 2.05) is 0 Å². The van der Waals surface area contributed by atoms with E-state index >= 15 is 0 Å². The maximum absolute atomic E-state index is 13.4. The molecule has 0 spiro atoms. The van der Waals surface area contributed by atoms with Gasteiger partial charge >= 0.3 is 6.03 Å². The number of benzene rings is 3. The Hall–Kier alpha value is -3.88. The molecule has 178 valence electrons. The summed E-state index contributed by atoms with van der Waals surface area (Å²) in [5, 5.41) is 2.54. The van der Waals surface area contributed by atoms with E-state index in [2.05, 4.69) is 5.32 Å². The average Bonchev–Trinajstić information content (AvgIpc) is 2.83. The highest BCUT2D eigenvalue weighted by Crippen LogP contribution is 2.32. The average molecular weight is 515 g/mol. The number of ether oxygens (including phenoxy) is 2. The number of amides is 4. The molecule has 1 aliphatic heterocycles. The van der Waals surface area contributed by atoms with Gasteiger partial charge in [0.25, 0.3) is 11.8 Å². The van der Waals surface area contributed by atoms with Gasteiger partial charge in [-0.15, -0.1) is 0 Å². The Morgan fingerprint density at radius 1 is 0.971 bits per heavy atom. The number of nitrogens with one attached hydrogen (secondary N) is 1. The van der Waals surface area contributed by atoms with Crippen molar-refractivity contribution in [3.05, 3.63) is 93.2 Å². The lowest BCUT2D eigenvalue weighted by atomic mass is 10.1. The largest absolute Gasteiger partial charge is 0.493 e. The number of rotatable bonds is 6. The van der Waals surface area contributed by atoms with Crippen molar-refractivity contribution in [3.63, 3.8) is 0 Å². The molecule has 3 aromatic rings. The zero-order valence-corrected chi connectivity index (χ0v) is 19.7. The lowest BCUT2D eigenvalue weighted by Crippen LogP contribution is -2.54. The van der Waals surface area contributed by atoms with E-state index < -0.39 is 17.8 Å². The second kappa shape index (κ2) is 10.2. The van der Waals surface area contributed by atoms with Crippen LogP contribution in [-0.2, 0) is 16.2 Å². The first-order chi connectivity index (χ1) is 16.8. The molecule has 0 unspecified atom stereocenters. The molecule has 0 aromatic heterocycles.